The van der Waals surface area contributed by atoms with Gasteiger partial charge in [0.25, 0.3) is 0 Å². The van der Waals surface area contributed by atoms with E-state index in [1.54, 1.807) is 29.7 Å². The maximum Gasteiger partial charge on any atom is 0.304 e. The number of halogens is 1. The molecule has 2 aromatic carbocycles. The molecule has 0 saturated carbocycles. The largest absolute Gasteiger partial charge is 0.493 e. The summed E-state index contributed by atoms with van der Waals surface area (Å²) in [5.74, 6) is 0.0342. The van der Waals surface area contributed by atoms with Gasteiger partial charge in [-0.3, -0.25) is 4.79 Å². The van der Waals surface area contributed by atoms with E-state index in [0.29, 0.717) is 23.0 Å². The first kappa shape index (κ1) is 20.9. The highest BCUT2D eigenvalue weighted by molar-refractivity contribution is 6.30. The summed E-state index contributed by atoms with van der Waals surface area (Å²) in [6.07, 6.45) is 1.10. The summed E-state index contributed by atoms with van der Waals surface area (Å²) in [4.78, 5) is 12.4. The Morgan fingerprint density at radius 3 is 2.76 bits per heavy atom. The number of amides is 1. The molecule has 0 radical (unpaired) electrons. The number of azo groups is 1. The van der Waals surface area contributed by atoms with E-state index >= 15 is 0 Å². The zero-order chi connectivity index (χ0) is 21.0. The molecule has 1 amide bonds. The van der Waals surface area contributed by atoms with Gasteiger partial charge in [-0.15, -0.1) is 10.2 Å². The number of carbonyl (C=O) groups excluding carboxylic acids is 1. The fourth-order valence-corrected chi connectivity index (χ4v) is 3.31. The highest BCUT2D eigenvalue weighted by atomic mass is 35.5. The lowest BCUT2D eigenvalue weighted by molar-refractivity contribution is -0.124. The Hall–Kier alpha value is -2.86. The first-order chi connectivity index (χ1) is 13.9. The second-order valence-electron chi connectivity index (χ2n) is 6.90. The van der Waals surface area contributed by atoms with Gasteiger partial charge in [0.05, 0.1) is 5.52 Å². The standard InChI is InChI=1S/C22H24ClN3O3/c1-4-5-12-26-18-9-7-6-8-17(18)20(22(26)28)24-25-21(27)15(3)29-19-11-10-16(23)13-14(19)2/h6-11,13,15,28H,4-5,12H2,1-3H3. The molecule has 1 N–H and O–H groups in total. The summed E-state index contributed by atoms with van der Waals surface area (Å²) < 4.78 is 7.50. The van der Waals surface area contributed by atoms with Gasteiger partial charge in [-0.1, -0.05) is 43.1 Å². The lowest BCUT2D eigenvalue weighted by Gasteiger charge is -2.13. The summed E-state index contributed by atoms with van der Waals surface area (Å²) in [6, 6.07) is 12.7. The molecule has 0 aliphatic heterocycles. The molecule has 6 nitrogen and oxygen atoms in total. The van der Waals surface area contributed by atoms with Crippen LogP contribution in [0.25, 0.3) is 10.9 Å². The Bertz CT molecular complexity index is 1060. The molecule has 1 heterocycles. The fourth-order valence-electron chi connectivity index (χ4n) is 3.08. The molecule has 0 aliphatic carbocycles. The van der Waals surface area contributed by atoms with Crippen LogP contribution in [0, 0.1) is 6.92 Å². The van der Waals surface area contributed by atoms with Gasteiger partial charge in [0.1, 0.15) is 5.75 Å². The zero-order valence-electron chi connectivity index (χ0n) is 16.7. The van der Waals surface area contributed by atoms with Gasteiger partial charge in [0, 0.05) is 17.0 Å². The van der Waals surface area contributed by atoms with Crippen molar-refractivity contribution in [1.82, 2.24) is 4.57 Å². The molecule has 1 unspecified atom stereocenters. The van der Waals surface area contributed by atoms with Crippen LogP contribution in [0.4, 0.5) is 5.69 Å². The third kappa shape index (κ3) is 4.59. The van der Waals surface area contributed by atoms with Crippen molar-refractivity contribution < 1.29 is 14.6 Å². The van der Waals surface area contributed by atoms with E-state index in [1.807, 2.05) is 31.2 Å². The van der Waals surface area contributed by atoms with Crippen LogP contribution in [0.15, 0.2) is 52.7 Å². The summed E-state index contributed by atoms with van der Waals surface area (Å²) in [5, 5.41) is 19.9. The second-order valence-corrected chi connectivity index (χ2v) is 7.34. The number of aromatic nitrogens is 1. The molecule has 29 heavy (non-hydrogen) atoms. The smallest absolute Gasteiger partial charge is 0.304 e. The van der Waals surface area contributed by atoms with Crippen LogP contribution in [0.1, 0.15) is 32.3 Å². The van der Waals surface area contributed by atoms with E-state index in [-0.39, 0.29) is 5.88 Å². The number of hydrogen-bond donors (Lipinski definition) is 1. The minimum atomic E-state index is -0.825. The number of ether oxygens (including phenoxy) is 1. The maximum atomic E-state index is 12.4. The molecule has 7 heteroatoms. The number of benzene rings is 2. The average Bonchev–Trinajstić information content (AvgIpc) is 2.97. The van der Waals surface area contributed by atoms with Crippen LogP contribution < -0.4 is 4.74 Å². The number of rotatable bonds is 7. The molecular weight excluding hydrogens is 390 g/mol. The monoisotopic (exact) mass is 413 g/mol. The van der Waals surface area contributed by atoms with Crippen LogP contribution in [-0.2, 0) is 11.3 Å². The lowest BCUT2D eigenvalue weighted by Crippen LogP contribution is -2.21. The van der Waals surface area contributed by atoms with E-state index in [0.717, 1.165) is 29.3 Å². The summed E-state index contributed by atoms with van der Waals surface area (Å²) in [7, 11) is 0. The molecule has 1 atom stereocenters. The average molecular weight is 414 g/mol. The Labute approximate surface area is 174 Å². The van der Waals surface area contributed by atoms with Crippen LogP contribution in [0.2, 0.25) is 5.02 Å². The van der Waals surface area contributed by atoms with Crippen LogP contribution in [0.5, 0.6) is 11.6 Å². The van der Waals surface area contributed by atoms with Crippen molar-refractivity contribution in [3.63, 3.8) is 0 Å². The molecular formula is C22H24ClN3O3. The molecule has 0 saturated heterocycles. The van der Waals surface area contributed by atoms with E-state index < -0.39 is 12.0 Å². The molecule has 0 spiro atoms. The minimum absolute atomic E-state index is 0.0123. The molecule has 0 bridgehead atoms. The second kappa shape index (κ2) is 9.09. The zero-order valence-corrected chi connectivity index (χ0v) is 17.5. The van der Waals surface area contributed by atoms with Gasteiger partial charge >= 0.3 is 5.91 Å². The number of hydrogen-bond acceptors (Lipinski definition) is 4. The Kier molecular flexibility index (Phi) is 6.54. The van der Waals surface area contributed by atoms with Crippen molar-refractivity contribution in [2.24, 2.45) is 10.2 Å². The van der Waals surface area contributed by atoms with E-state index in [4.69, 9.17) is 16.3 Å². The number of para-hydroxylation sites is 1. The predicted molar refractivity (Wildman–Crippen MR) is 114 cm³/mol. The van der Waals surface area contributed by atoms with Gasteiger partial charge in [-0.25, -0.2) is 0 Å². The number of aromatic hydroxyl groups is 1. The predicted octanol–water partition coefficient (Wildman–Crippen LogP) is 6.19. The maximum absolute atomic E-state index is 12.4. The van der Waals surface area contributed by atoms with Crippen molar-refractivity contribution in [2.45, 2.75) is 46.3 Å². The number of nitrogens with zero attached hydrogens (tertiary/aromatic N) is 3. The third-order valence-corrected chi connectivity index (χ3v) is 4.92. The van der Waals surface area contributed by atoms with Crippen molar-refractivity contribution >= 4 is 34.1 Å². The normalized spacial score (nSPS) is 12.6. The first-order valence-electron chi connectivity index (χ1n) is 9.61. The Morgan fingerprint density at radius 2 is 2.03 bits per heavy atom. The van der Waals surface area contributed by atoms with Crippen LogP contribution in [0.3, 0.4) is 0 Å². The fraction of sp³-hybridized carbons (Fsp3) is 0.318. The quantitative estimate of drug-likeness (QED) is 0.469. The van der Waals surface area contributed by atoms with Gasteiger partial charge in [-0.2, -0.15) is 0 Å². The Morgan fingerprint density at radius 1 is 1.28 bits per heavy atom. The molecule has 0 fully saturated rings. The van der Waals surface area contributed by atoms with Gasteiger partial charge < -0.3 is 14.4 Å². The van der Waals surface area contributed by atoms with Crippen molar-refractivity contribution in [3.05, 3.63) is 53.1 Å². The molecule has 0 aliphatic rings. The van der Waals surface area contributed by atoms with Gasteiger partial charge in [-0.05, 0) is 50.1 Å². The van der Waals surface area contributed by atoms with Crippen LogP contribution >= 0.6 is 11.6 Å². The number of unbranched alkanes of at least 4 members (excludes halogenated alkanes) is 1. The summed E-state index contributed by atoms with van der Waals surface area (Å²) in [5.41, 5.74) is 1.98. The van der Waals surface area contributed by atoms with Crippen molar-refractivity contribution in [2.75, 3.05) is 0 Å². The SMILES string of the molecule is CCCCn1c(O)c(N=NC(=O)C(C)Oc2ccc(Cl)cc2C)c2ccccc21. The minimum Gasteiger partial charge on any atom is -0.493 e. The lowest BCUT2D eigenvalue weighted by atomic mass is 10.2. The van der Waals surface area contributed by atoms with Gasteiger partial charge in [0.2, 0.25) is 5.88 Å². The van der Waals surface area contributed by atoms with Crippen molar-refractivity contribution in [3.8, 4) is 11.6 Å². The summed E-state index contributed by atoms with van der Waals surface area (Å²) >= 11 is 5.95. The molecule has 3 rings (SSSR count). The Balaban J connectivity index is 1.82. The highest BCUT2D eigenvalue weighted by Crippen LogP contribution is 2.39. The van der Waals surface area contributed by atoms with E-state index in [1.165, 1.54) is 0 Å². The molecule has 152 valence electrons. The highest BCUT2D eigenvalue weighted by Gasteiger charge is 2.19. The number of fused-ring (bicyclic) bond motifs is 1. The number of aryl methyl sites for hydroxylation is 2. The van der Waals surface area contributed by atoms with Crippen molar-refractivity contribution in [1.29, 1.82) is 0 Å². The number of carbonyl (C=O) groups is 1. The topological polar surface area (TPSA) is 76.2 Å². The molecule has 1 aromatic heterocycles. The summed E-state index contributed by atoms with van der Waals surface area (Å²) in [6.45, 7) is 6.22. The van der Waals surface area contributed by atoms with Crippen LogP contribution in [-0.4, -0.2) is 21.7 Å². The first-order valence-corrected chi connectivity index (χ1v) is 9.98. The van der Waals surface area contributed by atoms with E-state index in [2.05, 4.69) is 17.2 Å². The third-order valence-electron chi connectivity index (χ3n) is 4.69. The van der Waals surface area contributed by atoms with Gasteiger partial charge in [0.15, 0.2) is 11.8 Å². The van der Waals surface area contributed by atoms with E-state index in [9.17, 15) is 9.90 Å². The molecule has 3 aromatic rings.